The lowest BCUT2D eigenvalue weighted by atomic mass is 9.90. The molecule has 34 heavy (non-hydrogen) atoms. The average molecular weight is 469 g/mol. The molecule has 2 aromatic carbocycles. The zero-order valence-corrected chi connectivity index (χ0v) is 19.9. The van der Waals surface area contributed by atoms with Crippen molar-refractivity contribution in [2.45, 2.75) is 32.6 Å². The Balaban J connectivity index is 1.27. The van der Waals surface area contributed by atoms with Crippen LogP contribution in [0.3, 0.4) is 0 Å². The molecule has 0 fully saturated rings. The molecule has 1 aliphatic carbocycles. The zero-order valence-electron chi connectivity index (χ0n) is 19.1. The number of nitrogens with zero attached hydrogens (tertiary/aromatic N) is 5. The van der Waals surface area contributed by atoms with Crippen LogP contribution in [0.4, 0.5) is 11.6 Å². The van der Waals surface area contributed by atoms with Crippen LogP contribution in [0.1, 0.15) is 29.7 Å². The van der Waals surface area contributed by atoms with Gasteiger partial charge in [-0.25, -0.2) is 4.98 Å². The van der Waals surface area contributed by atoms with Gasteiger partial charge < -0.3 is 10.1 Å². The van der Waals surface area contributed by atoms with E-state index in [1.54, 1.807) is 18.4 Å². The number of methoxy groups -OCH3 is 1. The fourth-order valence-electron chi connectivity index (χ4n) is 4.42. The summed E-state index contributed by atoms with van der Waals surface area (Å²) < 4.78 is 8.20. The summed E-state index contributed by atoms with van der Waals surface area (Å²) in [5, 5.41) is 17.7. The molecule has 0 amide bonds. The van der Waals surface area contributed by atoms with E-state index in [0.717, 1.165) is 50.3 Å². The first-order chi connectivity index (χ1) is 16.7. The zero-order chi connectivity index (χ0) is 23.1. The molecule has 0 atom stereocenters. The van der Waals surface area contributed by atoms with E-state index in [9.17, 15) is 0 Å². The van der Waals surface area contributed by atoms with E-state index >= 15 is 0 Å². The molecule has 0 radical (unpaired) electrons. The maximum absolute atomic E-state index is 5.34. The third kappa shape index (κ3) is 3.90. The molecule has 1 aliphatic rings. The maximum atomic E-state index is 5.34. The van der Waals surface area contributed by atoms with Crippen molar-refractivity contribution in [3.05, 3.63) is 71.4 Å². The summed E-state index contributed by atoms with van der Waals surface area (Å²) in [5.74, 6) is 2.26. The smallest absolute Gasteiger partial charge is 0.213 e. The molecule has 7 nitrogen and oxygen atoms in total. The van der Waals surface area contributed by atoms with Gasteiger partial charge >= 0.3 is 0 Å². The lowest BCUT2D eigenvalue weighted by Gasteiger charge is -2.16. The number of nitrogens with one attached hydrogen (secondary N) is 1. The molecule has 1 N–H and O–H groups in total. The van der Waals surface area contributed by atoms with Gasteiger partial charge in [0.05, 0.1) is 28.7 Å². The van der Waals surface area contributed by atoms with Crippen LogP contribution in [0.5, 0.6) is 5.75 Å². The molecule has 0 spiro atoms. The van der Waals surface area contributed by atoms with Crippen LogP contribution in [-0.4, -0.2) is 32.1 Å². The number of hydrogen-bond donors (Lipinski definition) is 1. The summed E-state index contributed by atoms with van der Waals surface area (Å²) in [7, 11) is 1.67. The number of benzene rings is 2. The number of anilines is 2. The van der Waals surface area contributed by atoms with Crippen LogP contribution in [0.15, 0.2) is 54.6 Å². The predicted molar refractivity (Wildman–Crippen MR) is 135 cm³/mol. The van der Waals surface area contributed by atoms with E-state index in [1.165, 1.54) is 30.4 Å². The molecule has 0 unspecified atom stereocenters. The quantitative estimate of drug-likeness (QED) is 0.347. The summed E-state index contributed by atoms with van der Waals surface area (Å²) in [4.78, 5) is 4.75. The van der Waals surface area contributed by atoms with E-state index in [1.807, 2.05) is 48.0 Å². The van der Waals surface area contributed by atoms with Crippen LogP contribution >= 0.6 is 11.3 Å². The van der Waals surface area contributed by atoms with Crippen molar-refractivity contribution in [2.75, 3.05) is 12.4 Å². The lowest BCUT2D eigenvalue weighted by molar-refractivity contribution is 0.415. The summed E-state index contributed by atoms with van der Waals surface area (Å²) >= 11 is 1.56. The molecular formula is C26H24N6OS. The van der Waals surface area contributed by atoms with Crippen LogP contribution < -0.4 is 10.1 Å². The number of rotatable bonds is 5. The minimum absolute atomic E-state index is 0.658. The van der Waals surface area contributed by atoms with E-state index < -0.39 is 0 Å². The minimum Gasteiger partial charge on any atom is -0.497 e. The lowest BCUT2D eigenvalue weighted by Crippen LogP contribution is -2.04. The number of aryl methyl sites for hydroxylation is 3. The summed E-state index contributed by atoms with van der Waals surface area (Å²) in [6, 6.07) is 18.5. The van der Waals surface area contributed by atoms with Crippen LogP contribution in [0.2, 0.25) is 0 Å². The Hall–Kier alpha value is -3.78. The molecule has 0 aliphatic heterocycles. The number of thiazole rings is 1. The Labute approximate surface area is 201 Å². The second kappa shape index (κ2) is 8.53. The highest BCUT2D eigenvalue weighted by Crippen LogP contribution is 2.31. The van der Waals surface area contributed by atoms with Gasteiger partial charge in [0, 0.05) is 11.6 Å². The first-order valence-corrected chi connectivity index (χ1v) is 12.2. The van der Waals surface area contributed by atoms with Crippen LogP contribution in [0, 0.1) is 6.92 Å². The first-order valence-electron chi connectivity index (χ1n) is 11.4. The van der Waals surface area contributed by atoms with Crippen molar-refractivity contribution in [3.8, 4) is 22.1 Å². The monoisotopic (exact) mass is 468 g/mol. The van der Waals surface area contributed by atoms with Gasteiger partial charge in [-0.2, -0.15) is 9.78 Å². The average Bonchev–Trinajstić information content (AvgIpc) is 3.46. The Kier molecular flexibility index (Phi) is 5.22. The van der Waals surface area contributed by atoms with E-state index in [0.29, 0.717) is 5.82 Å². The van der Waals surface area contributed by atoms with Gasteiger partial charge in [0.25, 0.3) is 0 Å². The van der Waals surface area contributed by atoms with Crippen molar-refractivity contribution < 1.29 is 4.74 Å². The molecular weight excluding hydrogens is 444 g/mol. The van der Waals surface area contributed by atoms with Gasteiger partial charge in [0.15, 0.2) is 5.82 Å². The molecule has 8 heteroatoms. The van der Waals surface area contributed by atoms with E-state index in [2.05, 4.69) is 38.8 Å². The third-order valence-electron chi connectivity index (χ3n) is 6.16. The van der Waals surface area contributed by atoms with Gasteiger partial charge in [-0.05, 0) is 80.1 Å². The van der Waals surface area contributed by atoms with E-state index in [-0.39, 0.29) is 0 Å². The fourth-order valence-corrected chi connectivity index (χ4v) is 5.38. The van der Waals surface area contributed by atoms with Gasteiger partial charge in [-0.15, -0.1) is 10.2 Å². The van der Waals surface area contributed by atoms with Gasteiger partial charge in [-0.3, -0.25) is 0 Å². The largest absolute Gasteiger partial charge is 0.497 e. The maximum Gasteiger partial charge on any atom is 0.213 e. The topological polar surface area (TPSA) is 77.8 Å². The molecule has 0 saturated carbocycles. The summed E-state index contributed by atoms with van der Waals surface area (Å²) in [6.07, 6.45) is 4.88. The van der Waals surface area contributed by atoms with Crippen molar-refractivity contribution in [1.29, 1.82) is 0 Å². The second-order valence-corrected chi connectivity index (χ2v) is 9.54. The Morgan fingerprint density at radius 1 is 0.941 bits per heavy atom. The van der Waals surface area contributed by atoms with Gasteiger partial charge in [-0.1, -0.05) is 23.5 Å². The van der Waals surface area contributed by atoms with Gasteiger partial charge in [0.2, 0.25) is 5.13 Å². The third-order valence-corrected chi connectivity index (χ3v) is 7.16. The standard InChI is InChI=1S/C26H24N6OS/c1-16-13-25(32(31-16)26-27-22-10-9-20(33-2)15-23(22)34-26)28-24-12-11-21(29-30-24)19-8-7-17-5-3-4-6-18(17)14-19/h7-15H,3-6H2,1-2H3,(H,28,30). The number of hydrogen-bond acceptors (Lipinski definition) is 7. The molecule has 3 heterocycles. The van der Waals surface area contributed by atoms with Crippen LogP contribution in [-0.2, 0) is 12.8 Å². The highest BCUT2D eigenvalue weighted by molar-refractivity contribution is 7.20. The summed E-state index contributed by atoms with van der Waals surface area (Å²) in [6.45, 7) is 1.96. The molecule has 6 rings (SSSR count). The summed E-state index contributed by atoms with van der Waals surface area (Å²) in [5.41, 5.74) is 6.71. The highest BCUT2D eigenvalue weighted by Gasteiger charge is 2.15. The number of ether oxygens (including phenoxy) is 1. The fraction of sp³-hybridized carbons (Fsp3) is 0.231. The van der Waals surface area contributed by atoms with Crippen molar-refractivity contribution >= 4 is 33.2 Å². The normalized spacial score (nSPS) is 13.1. The Morgan fingerprint density at radius 2 is 1.82 bits per heavy atom. The Morgan fingerprint density at radius 3 is 2.65 bits per heavy atom. The molecule has 0 saturated heterocycles. The molecule has 0 bridgehead atoms. The van der Waals surface area contributed by atoms with Crippen molar-refractivity contribution in [1.82, 2.24) is 25.0 Å². The molecule has 170 valence electrons. The number of fused-ring (bicyclic) bond motifs is 2. The SMILES string of the molecule is COc1ccc2nc(-n3nc(C)cc3Nc3ccc(-c4ccc5c(c4)CCCC5)nn3)sc2c1. The first kappa shape index (κ1) is 20.8. The molecule has 3 aromatic heterocycles. The van der Waals surface area contributed by atoms with Crippen LogP contribution in [0.25, 0.3) is 26.6 Å². The minimum atomic E-state index is 0.658. The number of aromatic nitrogens is 5. The predicted octanol–water partition coefficient (Wildman–Crippen LogP) is 5.88. The molecule has 5 aromatic rings. The van der Waals surface area contributed by atoms with Gasteiger partial charge in [0.1, 0.15) is 11.6 Å². The Bertz CT molecular complexity index is 1490. The highest BCUT2D eigenvalue weighted by atomic mass is 32.1. The van der Waals surface area contributed by atoms with Crippen molar-refractivity contribution in [2.24, 2.45) is 0 Å². The van der Waals surface area contributed by atoms with E-state index in [4.69, 9.17) is 9.72 Å². The van der Waals surface area contributed by atoms with Crippen molar-refractivity contribution in [3.63, 3.8) is 0 Å². The second-order valence-electron chi connectivity index (χ2n) is 8.53.